The average molecular weight is 404 g/mol. The Morgan fingerprint density at radius 3 is 2.41 bits per heavy atom. The third-order valence-electron chi connectivity index (χ3n) is 4.41. The first-order valence-corrected chi connectivity index (χ1v) is 8.84. The van der Waals surface area contributed by atoms with Gasteiger partial charge in [0.15, 0.2) is 11.5 Å². The second-order valence-electron chi connectivity index (χ2n) is 7.60. The van der Waals surface area contributed by atoms with Crippen LogP contribution < -0.4 is 5.73 Å². The Morgan fingerprint density at radius 1 is 1.17 bits per heavy atom. The van der Waals surface area contributed by atoms with Gasteiger partial charge in [-0.25, -0.2) is 4.79 Å². The van der Waals surface area contributed by atoms with Gasteiger partial charge in [0.2, 0.25) is 0 Å². The van der Waals surface area contributed by atoms with E-state index in [0.29, 0.717) is 5.56 Å². The van der Waals surface area contributed by atoms with E-state index in [-0.39, 0.29) is 29.4 Å². The monoisotopic (exact) mass is 404 g/mol. The van der Waals surface area contributed by atoms with Crippen molar-refractivity contribution in [3.05, 3.63) is 63.7 Å². The number of ether oxygens (including phenoxy) is 2. The number of rotatable bonds is 6. The third kappa shape index (κ3) is 5.58. The molecule has 0 saturated carbocycles. The maximum absolute atomic E-state index is 12.3. The first kappa shape index (κ1) is 22.0. The normalized spacial score (nSPS) is 13.4. The summed E-state index contributed by atoms with van der Waals surface area (Å²) in [5, 5.41) is 30.4. The van der Waals surface area contributed by atoms with Gasteiger partial charge in [-0.05, 0) is 29.2 Å². The van der Waals surface area contributed by atoms with Gasteiger partial charge < -0.3 is 25.4 Å². The van der Waals surface area contributed by atoms with E-state index in [1.807, 2.05) is 20.8 Å². The third-order valence-corrected chi connectivity index (χ3v) is 4.41. The number of phenolic OH excluding ortho intramolecular Hbond substituents is 2. The molecule has 9 heteroatoms. The van der Waals surface area contributed by atoms with E-state index >= 15 is 0 Å². The molecule has 0 aliphatic carbocycles. The summed E-state index contributed by atoms with van der Waals surface area (Å²) in [6.07, 6.45) is -2.06. The molecule has 2 rings (SSSR count). The summed E-state index contributed by atoms with van der Waals surface area (Å²) in [7, 11) is 0. The van der Waals surface area contributed by atoms with E-state index in [0.717, 1.165) is 0 Å². The molecule has 0 spiro atoms. The molecule has 2 aromatic carbocycles. The number of nitrogens with zero attached hydrogens (tertiary/aromatic N) is 1. The molecule has 0 aliphatic rings. The lowest BCUT2D eigenvalue weighted by Gasteiger charge is -2.33. The van der Waals surface area contributed by atoms with Gasteiger partial charge in [0, 0.05) is 6.07 Å². The van der Waals surface area contributed by atoms with E-state index in [1.54, 1.807) is 6.07 Å². The van der Waals surface area contributed by atoms with Crippen molar-refractivity contribution in [2.75, 3.05) is 0 Å². The summed E-state index contributed by atoms with van der Waals surface area (Å²) >= 11 is 0. The minimum absolute atomic E-state index is 0.174. The number of benzene rings is 2. The van der Waals surface area contributed by atoms with Crippen LogP contribution in [0.15, 0.2) is 42.5 Å². The summed E-state index contributed by atoms with van der Waals surface area (Å²) in [6, 6.07) is 9.19. The molecule has 9 nitrogen and oxygen atoms in total. The van der Waals surface area contributed by atoms with E-state index in [9.17, 15) is 25.1 Å². The zero-order chi connectivity index (χ0) is 21.8. The van der Waals surface area contributed by atoms with Gasteiger partial charge in [-0.1, -0.05) is 39.0 Å². The van der Waals surface area contributed by atoms with Crippen LogP contribution in [-0.2, 0) is 16.1 Å². The van der Waals surface area contributed by atoms with Crippen molar-refractivity contribution < 1.29 is 29.4 Å². The molecule has 4 N–H and O–H groups in total. The minimum atomic E-state index is -1.07. The van der Waals surface area contributed by atoms with Crippen LogP contribution in [0.4, 0.5) is 10.5 Å². The predicted octanol–water partition coefficient (Wildman–Crippen LogP) is 3.77. The van der Waals surface area contributed by atoms with Gasteiger partial charge in [-0.2, -0.15) is 0 Å². The van der Waals surface area contributed by atoms with E-state index < -0.39 is 28.6 Å². The lowest BCUT2D eigenvalue weighted by Crippen LogP contribution is -2.42. The van der Waals surface area contributed by atoms with Crippen molar-refractivity contribution >= 4 is 11.8 Å². The Labute approximate surface area is 167 Å². The van der Waals surface area contributed by atoms with Crippen LogP contribution in [0.2, 0.25) is 0 Å². The molecule has 2 unspecified atom stereocenters. The highest BCUT2D eigenvalue weighted by Gasteiger charge is 2.34. The first-order chi connectivity index (χ1) is 13.5. The van der Waals surface area contributed by atoms with E-state index in [4.69, 9.17) is 15.2 Å². The Balaban J connectivity index is 2.19. The standard InChI is InChI=1S/C20H24N2O7/c1-20(2,3)18(21)17(12-8-9-15(23)16(24)10-12)29-19(25)28-11-13-6-4-5-7-14(13)22(26)27/h4-10,17-18,23-24H,11,21H2,1-3H3. The van der Waals surface area contributed by atoms with Gasteiger partial charge in [-0.15, -0.1) is 0 Å². The summed E-state index contributed by atoms with van der Waals surface area (Å²) in [4.78, 5) is 22.8. The average Bonchev–Trinajstić information content (AvgIpc) is 2.65. The Morgan fingerprint density at radius 2 is 1.83 bits per heavy atom. The van der Waals surface area contributed by atoms with E-state index in [2.05, 4.69) is 0 Å². The lowest BCUT2D eigenvalue weighted by atomic mass is 9.82. The van der Waals surface area contributed by atoms with Gasteiger partial charge in [0.1, 0.15) is 12.7 Å². The number of hydrogen-bond donors (Lipinski definition) is 3. The molecule has 0 bridgehead atoms. The van der Waals surface area contributed by atoms with Crippen molar-refractivity contribution in [2.24, 2.45) is 11.1 Å². The fourth-order valence-electron chi connectivity index (χ4n) is 2.61. The van der Waals surface area contributed by atoms with Crippen LogP contribution in [0.5, 0.6) is 11.5 Å². The minimum Gasteiger partial charge on any atom is -0.504 e. The fourth-order valence-corrected chi connectivity index (χ4v) is 2.61. The summed E-state index contributed by atoms with van der Waals surface area (Å²) in [5.74, 6) is -0.707. The SMILES string of the molecule is CC(C)(C)C(N)C(OC(=O)OCc1ccccc1[N+](=O)[O-])c1ccc(O)c(O)c1. The van der Waals surface area contributed by atoms with Gasteiger partial charge >= 0.3 is 6.16 Å². The summed E-state index contributed by atoms with van der Waals surface area (Å²) < 4.78 is 10.4. The van der Waals surface area contributed by atoms with Crippen molar-refractivity contribution in [1.29, 1.82) is 0 Å². The van der Waals surface area contributed by atoms with Crippen LogP contribution in [-0.4, -0.2) is 27.3 Å². The highest BCUT2D eigenvalue weighted by Crippen LogP contribution is 2.35. The smallest absolute Gasteiger partial charge is 0.504 e. The number of aromatic hydroxyl groups is 2. The summed E-state index contributed by atoms with van der Waals surface area (Å²) in [5.41, 5.74) is 6.20. The lowest BCUT2D eigenvalue weighted by molar-refractivity contribution is -0.385. The Hall–Kier alpha value is -3.33. The number of nitro groups is 1. The van der Waals surface area contributed by atoms with Crippen molar-refractivity contribution in [1.82, 2.24) is 0 Å². The van der Waals surface area contributed by atoms with E-state index in [1.165, 1.54) is 36.4 Å². The molecule has 156 valence electrons. The quantitative estimate of drug-likeness (QED) is 0.285. The topological polar surface area (TPSA) is 145 Å². The number of carbonyl (C=O) groups is 1. The number of phenols is 2. The predicted molar refractivity (Wildman–Crippen MR) is 104 cm³/mol. The molecule has 0 saturated heterocycles. The first-order valence-electron chi connectivity index (χ1n) is 8.84. The number of carbonyl (C=O) groups excluding carboxylic acids is 1. The van der Waals surface area contributed by atoms with Crippen LogP contribution >= 0.6 is 0 Å². The maximum atomic E-state index is 12.3. The molecule has 29 heavy (non-hydrogen) atoms. The highest BCUT2D eigenvalue weighted by molar-refractivity contribution is 5.61. The number of para-hydroxylation sites is 1. The molecule has 0 fully saturated rings. The molecule has 0 aliphatic heterocycles. The highest BCUT2D eigenvalue weighted by atomic mass is 16.7. The van der Waals surface area contributed by atoms with Gasteiger partial charge in [0.05, 0.1) is 16.5 Å². The molecule has 0 heterocycles. The van der Waals surface area contributed by atoms with Crippen molar-refractivity contribution in [3.8, 4) is 11.5 Å². The zero-order valence-corrected chi connectivity index (χ0v) is 16.4. The van der Waals surface area contributed by atoms with Crippen molar-refractivity contribution in [2.45, 2.75) is 39.5 Å². The molecule has 2 atom stereocenters. The Bertz CT molecular complexity index is 893. The molecular formula is C20H24N2O7. The molecule has 0 amide bonds. The fraction of sp³-hybridized carbons (Fsp3) is 0.350. The maximum Gasteiger partial charge on any atom is 0.509 e. The summed E-state index contributed by atoms with van der Waals surface area (Å²) in [6.45, 7) is 5.21. The molecular weight excluding hydrogens is 380 g/mol. The van der Waals surface area contributed by atoms with Crippen LogP contribution in [0.1, 0.15) is 38.0 Å². The molecule has 0 radical (unpaired) electrons. The van der Waals surface area contributed by atoms with Crippen LogP contribution in [0, 0.1) is 15.5 Å². The van der Waals surface area contributed by atoms with Crippen LogP contribution in [0.25, 0.3) is 0 Å². The molecule has 2 aromatic rings. The van der Waals surface area contributed by atoms with Gasteiger partial charge in [0.25, 0.3) is 5.69 Å². The second kappa shape index (κ2) is 8.78. The largest absolute Gasteiger partial charge is 0.509 e. The number of hydrogen-bond acceptors (Lipinski definition) is 8. The van der Waals surface area contributed by atoms with Crippen molar-refractivity contribution in [3.63, 3.8) is 0 Å². The second-order valence-corrected chi connectivity index (χ2v) is 7.60. The van der Waals surface area contributed by atoms with Crippen LogP contribution in [0.3, 0.4) is 0 Å². The number of nitrogens with two attached hydrogens (primary N) is 1. The number of nitro benzene ring substituents is 1. The Kier molecular flexibility index (Phi) is 6.65. The van der Waals surface area contributed by atoms with Gasteiger partial charge in [-0.3, -0.25) is 10.1 Å². The zero-order valence-electron chi connectivity index (χ0n) is 16.4. The molecule has 0 aromatic heterocycles.